The third kappa shape index (κ3) is 2.38. The highest BCUT2D eigenvalue weighted by atomic mass is 79.9. The zero-order valence-corrected chi connectivity index (χ0v) is 11.8. The Balaban J connectivity index is 3.13. The summed E-state index contributed by atoms with van der Waals surface area (Å²) in [5.74, 6) is -0.906. The minimum atomic E-state index is -1.05. The van der Waals surface area contributed by atoms with E-state index in [1.165, 1.54) is 0 Å². The SMILES string of the molecule is O=C(O)C(Br)(CBr)c1ccc(Br)cc1. The van der Waals surface area contributed by atoms with Crippen LogP contribution in [-0.4, -0.2) is 16.4 Å². The summed E-state index contributed by atoms with van der Waals surface area (Å²) in [7, 11) is 0. The van der Waals surface area contributed by atoms with Crippen molar-refractivity contribution in [3.8, 4) is 0 Å². The number of halogens is 3. The molecular formula is C9H7Br3O2. The van der Waals surface area contributed by atoms with Gasteiger partial charge in [0.25, 0.3) is 0 Å². The van der Waals surface area contributed by atoms with Crippen molar-refractivity contribution in [3.63, 3.8) is 0 Å². The van der Waals surface area contributed by atoms with Crippen molar-refractivity contribution in [3.05, 3.63) is 34.3 Å². The molecule has 0 fully saturated rings. The standard InChI is InChI=1S/C9H7Br3O2/c10-5-9(12,8(13)14)6-1-3-7(11)4-2-6/h1-4H,5H2,(H,13,14). The maximum absolute atomic E-state index is 11.0. The maximum atomic E-state index is 11.0. The predicted molar refractivity (Wildman–Crippen MR) is 66.2 cm³/mol. The molecule has 0 bridgehead atoms. The second-order valence-electron chi connectivity index (χ2n) is 2.75. The lowest BCUT2D eigenvalue weighted by molar-refractivity contribution is -0.139. The van der Waals surface area contributed by atoms with Gasteiger partial charge in [0.2, 0.25) is 0 Å². The van der Waals surface area contributed by atoms with Crippen molar-refractivity contribution in [1.82, 2.24) is 0 Å². The topological polar surface area (TPSA) is 37.3 Å². The van der Waals surface area contributed by atoms with Gasteiger partial charge in [0, 0.05) is 9.80 Å². The fourth-order valence-electron chi connectivity index (χ4n) is 0.972. The van der Waals surface area contributed by atoms with Gasteiger partial charge in [-0.2, -0.15) is 0 Å². The monoisotopic (exact) mass is 384 g/mol. The largest absolute Gasteiger partial charge is 0.480 e. The van der Waals surface area contributed by atoms with Crippen LogP contribution in [0, 0.1) is 0 Å². The number of rotatable bonds is 3. The van der Waals surface area contributed by atoms with Gasteiger partial charge in [-0.15, -0.1) is 0 Å². The highest BCUT2D eigenvalue weighted by Gasteiger charge is 2.36. The zero-order chi connectivity index (χ0) is 10.8. The highest BCUT2D eigenvalue weighted by Crippen LogP contribution is 2.34. The van der Waals surface area contributed by atoms with Crippen LogP contribution < -0.4 is 0 Å². The van der Waals surface area contributed by atoms with E-state index in [1.54, 1.807) is 12.1 Å². The molecule has 0 aliphatic carbocycles. The Bertz CT molecular complexity index is 336. The number of alkyl halides is 2. The summed E-state index contributed by atoms with van der Waals surface area (Å²) >= 11 is 9.70. The van der Waals surface area contributed by atoms with Crippen LogP contribution in [0.4, 0.5) is 0 Å². The molecule has 1 unspecified atom stereocenters. The summed E-state index contributed by atoms with van der Waals surface area (Å²) in [5, 5.41) is 9.38. The molecule has 1 rings (SSSR count). The first kappa shape index (κ1) is 12.2. The van der Waals surface area contributed by atoms with Crippen LogP contribution in [-0.2, 0) is 9.12 Å². The van der Waals surface area contributed by atoms with E-state index in [-0.39, 0.29) is 0 Å². The van der Waals surface area contributed by atoms with E-state index in [9.17, 15) is 4.79 Å². The van der Waals surface area contributed by atoms with Crippen LogP contribution in [0.1, 0.15) is 5.56 Å². The number of hydrogen-bond acceptors (Lipinski definition) is 1. The molecule has 0 saturated heterocycles. The number of hydrogen-bond donors (Lipinski definition) is 1. The van der Waals surface area contributed by atoms with Crippen LogP contribution in [0.3, 0.4) is 0 Å². The van der Waals surface area contributed by atoms with E-state index >= 15 is 0 Å². The minimum Gasteiger partial charge on any atom is -0.480 e. The molecule has 0 aromatic heterocycles. The first-order chi connectivity index (χ1) is 6.50. The van der Waals surface area contributed by atoms with Gasteiger partial charge in [0.05, 0.1) is 0 Å². The zero-order valence-electron chi connectivity index (χ0n) is 7.01. The maximum Gasteiger partial charge on any atom is 0.325 e. The third-order valence-electron chi connectivity index (χ3n) is 1.82. The number of carbonyl (C=O) groups is 1. The lowest BCUT2D eigenvalue weighted by atomic mass is 10.0. The molecule has 0 heterocycles. The van der Waals surface area contributed by atoms with Gasteiger partial charge in [0.1, 0.15) is 0 Å². The summed E-state index contributed by atoms with van der Waals surface area (Å²) in [6.07, 6.45) is 0. The fraction of sp³-hybridized carbons (Fsp3) is 0.222. The van der Waals surface area contributed by atoms with E-state index in [4.69, 9.17) is 5.11 Å². The van der Waals surface area contributed by atoms with E-state index in [0.717, 1.165) is 4.47 Å². The van der Waals surface area contributed by atoms with E-state index in [1.807, 2.05) is 12.1 Å². The molecule has 0 aliphatic heterocycles. The van der Waals surface area contributed by atoms with Gasteiger partial charge < -0.3 is 5.11 Å². The number of carboxylic acids is 1. The molecule has 5 heteroatoms. The van der Waals surface area contributed by atoms with Crippen molar-refractivity contribution >= 4 is 53.8 Å². The first-order valence-corrected chi connectivity index (χ1v) is 6.46. The van der Waals surface area contributed by atoms with Crippen molar-refractivity contribution < 1.29 is 9.90 Å². The van der Waals surface area contributed by atoms with E-state index < -0.39 is 10.3 Å². The molecule has 14 heavy (non-hydrogen) atoms. The Kier molecular flexibility index (Phi) is 4.15. The molecule has 0 spiro atoms. The molecule has 76 valence electrons. The summed E-state index contributed by atoms with van der Waals surface area (Å²) in [5.41, 5.74) is 0.713. The molecule has 0 aliphatic rings. The van der Waals surface area contributed by atoms with Gasteiger partial charge in [-0.25, -0.2) is 0 Å². The van der Waals surface area contributed by atoms with Crippen LogP contribution >= 0.6 is 47.8 Å². The molecule has 1 N–H and O–H groups in total. The Labute approximate surface area is 107 Å². The Morgan fingerprint density at radius 1 is 1.36 bits per heavy atom. The normalized spacial score (nSPS) is 14.8. The smallest absolute Gasteiger partial charge is 0.325 e. The van der Waals surface area contributed by atoms with Crippen LogP contribution in [0.2, 0.25) is 0 Å². The van der Waals surface area contributed by atoms with Crippen LogP contribution in [0.25, 0.3) is 0 Å². The average Bonchev–Trinajstić information content (AvgIpc) is 2.17. The first-order valence-electron chi connectivity index (χ1n) is 3.75. The minimum absolute atomic E-state index is 0.316. The summed E-state index contributed by atoms with van der Waals surface area (Å²) < 4.78 is -0.121. The Morgan fingerprint density at radius 2 is 1.86 bits per heavy atom. The number of aliphatic carboxylic acids is 1. The molecule has 1 aromatic rings. The van der Waals surface area contributed by atoms with Gasteiger partial charge in [-0.1, -0.05) is 59.9 Å². The summed E-state index contributed by atoms with van der Waals surface area (Å²) in [6.45, 7) is 0. The van der Waals surface area contributed by atoms with Gasteiger partial charge in [0.15, 0.2) is 4.32 Å². The molecule has 1 atom stereocenters. The van der Waals surface area contributed by atoms with Crippen molar-refractivity contribution in [2.75, 3.05) is 5.33 Å². The van der Waals surface area contributed by atoms with Gasteiger partial charge in [-0.3, -0.25) is 4.79 Å². The lowest BCUT2D eigenvalue weighted by Gasteiger charge is -2.20. The van der Waals surface area contributed by atoms with Crippen LogP contribution in [0.15, 0.2) is 28.7 Å². The lowest BCUT2D eigenvalue weighted by Crippen LogP contribution is -2.30. The molecule has 2 nitrogen and oxygen atoms in total. The number of carboxylic acid groups (broad SMARTS) is 1. The highest BCUT2D eigenvalue weighted by molar-refractivity contribution is 9.12. The van der Waals surface area contributed by atoms with Crippen molar-refractivity contribution in [2.45, 2.75) is 4.32 Å². The fourth-order valence-corrected chi connectivity index (χ4v) is 2.06. The van der Waals surface area contributed by atoms with Crippen LogP contribution in [0.5, 0.6) is 0 Å². The summed E-state index contributed by atoms with van der Waals surface area (Å²) in [4.78, 5) is 11.0. The average molecular weight is 387 g/mol. The van der Waals surface area contributed by atoms with Gasteiger partial charge >= 0.3 is 5.97 Å². The molecule has 1 aromatic carbocycles. The Hall–Kier alpha value is 0.130. The molecule has 0 amide bonds. The third-order valence-corrected chi connectivity index (χ3v) is 5.02. The Morgan fingerprint density at radius 3 is 2.21 bits per heavy atom. The van der Waals surface area contributed by atoms with E-state index in [0.29, 0.717) is 10.9 Å². The molecular weight excluding hydrogens is 380 g/mol. The molecule has 0 radical (unpaired) electrons. The summed E-state index contributed by atoms with van der Waals surface area (Å²) in [6, 6.07) is 7.18. The second kappa shape index (κ2) is 4.77. The second-order valence-corrected chi connectivity index (χ2v) is 5.58. The predicted octanol–water partition coefficient (Wildman–Crippen LogP) is 3.52. The molecule has 0 saturated carbocycles. The van der Waals surface area contributed by atoms with Gasteiger partial charge in [-0.05, 0) is 17.7 Å². The van der Waals surface area contributed by atoms with Crippen molar-refractivity contribution in [1.29, 1.82) is 0 Å². The quantitative estimate of drug-likeness (QED) is 0.807. The number of benzene rings is 1. The van der Waals surface area contributed by atoms with E-state index in [2.05, 4.69) is 47.8 Å². The van der Waals surface area contributed by atoms with Crippen molar-refractivity contribution in [2.24, 2.45) is 0 Å².